The Morgan fingerprint density at radius 3 is 2.33 bits per heavy atom. The van der Waals surface area contributed by atoms with Crippen LogP contribution in [0.4, 0.5) is 0 Å². The standard InChI is InChI=1S/C18H20N4O2/c1-2-5-15(6-3-1)13-21-8-10-22(11-9-21)14-17-19-18(20-24-17)16-7-4-12-23-16/h1-7,12H,8-11,13-14H2. The van der Waals surface area contributed by atoms with E-state index in [0.717, 1.165) is 32.7 Å². The predicted molar refractivity (Wildman–Crippen MR) is 89.0 cm³/mol. The highest BCUT2D eigenvalue weighted by Gasteiger charge is 2.20. The molecule has 0 radical (unpaired) electrons. The lowest BCUT2D eigenvalue weighted by Crippen LogP contribution is -2.45. The van der Waals surface area contributed by atoms with Gasteiger partial charge in [0.05, 0.1) is 12.8 Å². The van der Waals surface area contributed by atoms with Crippen molar-refractivity contribution in [3.63, 3.8) is 0 Å². The zero-order valence-electron chi connectivity index (χ0n) is 13.5. The van der Waals surface area contributed by atoms with Crippen LogP contribution in [0.3, 0.4) is 0 Å². The molecule has 3 heterocycles. The summed E-state index contributed by atoms with van der Waals surface area (Å²) >= 11 is 0. The Bertz CT molecular complexity index is 746. The van der Waals surface area contributed by atoms with Crippen molar-refractivity contribution in [2.75, 3.05) is 26.2 Å². The van der Waals surface area contributed by atoms with Gasteiger partial charge in [0, 0.05) is 32.7 Å². The van der Waals surface area contributed by atoms with Gasteiger partial charge in [-0.2, -0.15) is 4.98 Å². The van der Waals surface area contributed by atoms with Gasteiger partial charge in [0.1, 0.15) is 0 Å². The molecule has 0 spiro atoms. The number of hydrogen-bond donors (Lipinski definition) is 0. The molecule has 0 aliphatic carbocycles. The van der Waals surface area contributed by atoms with E-state index in [-0.39, 0.29) is 0 Å². The average molecular weight is 324 g/mol. The fourth-order valence-electron chi connectivity index (χ4n) is 2.96. The minimum atomic E-state index is 0.512. The second-order valence-electron chi connectivity index (χ2n) is 6.03. The van der Waals surface area contributed by atoms with Crippen molar-refractivity contribution < 1.29 is 8.94 Å². The number of aromatic nitrogens is 2. The second-order valence-corrected chi connectivity index (χ2v) is 6.03. The van der Waals surface area contributed by atoms with Crippen LogP contribution in [0.25, 0.3) is 11.6 Å². The Morgan fingerprint density at radius 2 is 1.62 bits per heavy atom. The molecular formula is C18H20N4O2. The van der Waals surface area contributed by atoms with Gasteiger partial charge < -0.3 is 8.94 Å². The van der Waals surface area contributed by atoms with Crippen molar-refractivity contribution in [3.05, 3.63) is 60.2 Å². The van der Waals surface area contributed by atoms with Crippen LogP contribution in [0.1, 0.15) is 11.5 Å². The normalized spacial score (nSPS) is 16.5. The van der Waals surface area contributed by atoms with E-state index in [4.69, 9.17) is 8.94 Å². The molecule has 0 saturated carbocycles. The molecule has 0 amide bonds. The maximum Gasteiger partial charge on any atom is 0.241 e. The third-order valence-electron chi connectivity index (χ3n) is 4.28. The molecule has 0 N–H and O–H groups in total. The largest absolute Gasteiger partial charge is 0.461 e. The van der Waals surface area contributed by atoms with Gasteiger partial charge in [-0.1, -0.05) is 35.5 Å². The molecule has 124 valence electrons. The second kappa shape index (κ2) is 6.98. The van der Waals surface area contributed by atoms with Gasteiger partial charge >= 0.3 is 0 Å². The molecule has 1 saturated heterocycles. The van der Waals surface area contributed by atoms with Crippen LogP contribution in [0.5, 0.6) is 0 Å². The van der Waals surface area contributed by atoms with E-state index in [1.165, 1.54) is 5.56 Å². The molecule has 3 aromatic rings. The van der Waals surface area contributed by atoms with Gasteiger partial charge in [-0.25, -0.2) is 0 Å². The van der Waals surface area contributed by atoms with Crippen molar-refractivity contribution in [2.45, 2.75) is 13.1 Å². The summed E-state index contributed by atoms with van der Waals surface area (Å²) in [5.41, 5.74) is 1.37. The Hall–Kier alpha value is -2.44. The Labute approximate surface area is 140 Å². The molecule has 24 heavy (non-hydrogen) atoms. The lowest BCUT2D eigenvalue weighted by molar-refractivity contribution is 0.112. The Kier molecular flexibility index (Phi) is 4.40. The topological polar surface area (TPSA) is 58.5 Å². The van der Waals surface area contributed by atoms with Crippen LogP contribution in [0.2, 0.25) is 0 Å². The summed E-state index contributed by atoms with van der Waals surface area (Å²) in [6.45, 7) is 5.81. The summed E-state index contributed by atoms with van der Waals surface area (Å²) < 4.78 is 10.6. The molecular weight excluding hydrogens is 304 g/mol. The number of rotatable bonds is 5. The number of furan rings is 1. The molecule has 2 aromatic heterocycles. The predicted octanol–water partition coefficient (Wildman–Crippen LogP) is 2.65. The zero-order valence-corrected chi connectivity index (χ0v) is 13.5. The zero-order chi connectivity index (χ0) is 16.2. The molecule has 6 heteroatoms. The first-order valence-corrected chi connectivity index (χ1v) is 8.22. The molecule has 6 nitrogen and oxygen atoms in total. The number of piperazine rings is 1. The molecule has 0 atom stereocenters. The van der Waals surface area contributed by atoms with Crippen molar-refractivity contribution in [2.24, 2.45) is 0 Å². The average Bonchev–Trinajstić information content (AvgIpc) is 3.29. The van der Waals surface area contributed by atoms with E-state index in [2.05, 4.69) is 50.3 Å². The Morgan fingerprint density at radius 1 is 0.875 bits per heavy atom. The van der Waals surface area contributed by atoms with Crippen LogP contribution in [0, 0.1) is 0 Å². The summed E-state index contributed by atoms with van der Waals surface area (Å²) in [6.07, 6.45) is 1.61. The van der Waals surface area contributed by atoms with Crippen LogP contribution in [-0.2, 0) is 13.1 Å². The lowest BCUT2D eigenvalue weighted by Gasteiger charge is -2.33. The van der Waals surface area contributed by atoms with Gasteiger partial charge in [0.25, 0.3) is 0 Å². The van der Waals surface area contributed by atoms with Crippen molar-refractivity contribution in [3.8, 4) is 11.6 Å². The Balaban J connectivity index is 1.29. The first kappa shape index (κ1) is 15.1. The number of benzene rings is 1. The minimum Gasteiger partial charge on any atom is -0.461 e. The minimum absolute atomic E-state index is 0.512. The van der Waals surface area contributed by atoms with Crippen LogP contribution < -0.4 is 0 Å². The molecule has 1 aliphatic heterocycles. The van der Waals surface area contributed by atoms with Crippen LogP contribution >= 0.6 is 0 Å². The fraction of sp³-hybridized carbons (Fsp3) is 0.333. The van der Waals surface area contributed by atoms with Crippen molar-refractivity contribution in [1.82, 2.24) is 19.9 Å². The van der Waals surface area contributed by atoms with Crippen molar-refractivity contribution >= 4 is 0 Å². The summed E-state index contributed by atoms with van der Waals surface area (Å²) in [7, 11) is 0. The highest BCUT2D eigenvalue weighted by atomic mass is 16.5. The fourth-order valence-corrected chi connectivity index (χ4v) is 2.96. The van der Waals surface area contributed by atoms with Crippen LogP contribution in [-0.4, -0.2) is 46.1 Å². The van der Waals surface area contributed by atoms with Crippen molar-refractivity contribution in [1.29, 1.82) is 0 Å². The molecule has 1 aromatic carbocycles. The van der Waals surface area contributed by atoms with E-state index >= 15 is 0 Å². The highest BCUT2D eigenvalue weighted by molar-refractivity contribution is 5.44. The third-order valence-corrected chi connectivity index (χ3v) is 4.28. The van der Waals surface area contributed by atoms with Gasteiger partial charge in [-0.15, -0.1) is 0 Å². The lowest BCUT2D eigenvalue weighted by atomic mass is 10.2. The van der Waals surface area contributed by atoms with Gasteiger partial charge in [0.15, 0.2) is 5.76 Å². The monoisotopic (exact) mass is 324 g/mol. The first-order valence-electron chi connectivity index (χ1n) is 8.22. The quantitative estimate of drug-likeness (QED) is 0.719. The number of hydrogen-bond acceptors (Lipinski definition) is 6. The van der Waals surface area contributed by atoms with E-state index in [1.54, 1.807) is 6.26 Å². The third kappa shape index (κ3) is 3.55. The van der Waals surface area contributed by atoms with Gasteiger partial charge in [-0.3, -0.25) is 9.80 Å². The van der Waals surface area contributed by atoms with E-state index in [1.807, 2.05) is 12.1 Å². The first-order chi connectivity index (χ1) is 11.9. The highest BCUT2D eigenvalue weighted by Crippen LogP contribution is 2.17. The van der Waals surface area contributed by atoms with Crippen LogP contribution in [0.15, 0.2) is 57.7 Å². The SMILES string of the molecule is c1ccc(CN2CCN(Cc3nc(-c4ccco4)no3)CC2)cc1. The summed E-state index contributed by atoms with van der Waals surface area (Å²) in [5.74, 6) is 1.79. The molecule has 0 unspecified atom stereocenters. The molecule has 4 rings (SSSR count). The van der Waals surface area contributed by atoms with Gasteiger partial charge in [-0.05, 0) is 17.7 Å². The van der Waals surface area contributed by atoms with Gasteiger partial charge in [0.2, 0.25) is 11.7 Å². The maximum absolute atomic E-state index is 5.34. The molecule has 1 aliphatic rings. The van der Waals surface area contributed by atoms with E-state index < -0.39 is 0 Å². The molecule has 1 fully saturated rings. The van der Waals surface area contributed by atoms with E-state index in [0.29, 0.717) is 24.0 Å². The summed E-state index contributed by atoms with van der Waals surface area (Å²) in [4.78, 5) is 9.24. The molecule has 0 bridgehead atoms. The number of nitrogens with zero attached hydrogens (tertiary/aromatic N) is 4. The maximum atomic E-state index is 5.34. The summed E-state index contributed by atoms with van der Waals surface area (Å²) in [5, 5.41) is 3.98. The smallest absolute Gasteiger partial charge is 0.241 e. The summed E-state index contributed by atoms with van der Waals surface area (Å²) in [6, 6.07) is 14.3. The van der Waals surface area contributed by atoms with E-state index in [9.17, 15) is 0 Å².